The quantitative estimate of drug-likeness (QED) is 0.625. The van der Waals surface area contributed by atoms with Gasteiger partial charge in [-0.15, -0.1) is 0 Å². The van der Waals surface area contributed by atoms with Crippen molar-refractivity contribution in [3.8, 4) is 0 Å². The zero-order valence-electron chi connectivity index (χ0n) is 14.0. The summed E-state index contributed by atoms with van der Waals surface area (Å²) in [4.78, 5) is 9.17. The number of amidine groups is 1. The molecule has 3 aromatic rings. The molecule has 6 heteroatoms. The first kappa shape index (κ1) is 17.7. The molecule has 1 atom stereocenters. The molecule has 1 aliphatic heterocycles. The third-order valence-corrected chi connectivity index (χ3v) is 6.13. The Morgan fingerprint density at radius 2 is 1.96 bits per heavy atom. The number of benzene rings is 2. The van der Waals surface area contributed by atoms with E-state index in [1.807, 2.05) is 42.6 Å². The number of hydrogen-bond acceptors (Lipinski definition) is 4. The predicted octanol–water partition coefficient (Wildman–Crippen LogP) is 5.52. The fraction of sp³-hybridized carbons (Fsp3) is 0.200. The largest absolute Gasteiger partial charge is 0.358 e. The Kier molecular flexibility index (Phi) is 5.34. The first-order valence-electron chi connectivity index (χ1n) is 8.42. The Bertz CT molecular complexity index is 969. The van der Waals surface area contributed by atoms with Crippen LogP contribution in [0.15, 0.2) is 59.7 Å². The standard InChI is InChI=1S/C20H17Cl2N3S/c21-16-7-3-6-15(19(16)22)18(25-20-24-10-11-26-20)12-17-14-5-2-1-4-13(14)8-9-23-17/h1-9,18H,10-12H2,(H,24,25). The van der Waals surface area contributed by atoms with E-state index >= 15 is 0 Å². The summed E-state index contributed by atoms with van der Waals surface area (Å²) in [6, 6.07) is 16.0. The summed E-state index contributed by atoms with van der Waals surface area (Å²) in [6.07, 6.45) is 2.55. The monoisotopic (exact) mass is 401 g/mol. The summed E-state index contributed by atoms with van der Waals surface area (Å²) in [5, 5.41) is 7.97. The molecule has 3 nitrogen and oxygen atoms in total. The van der Waals surface area contributed by atoms with Crippen molar-refractivity contribution in [3.05, 3.63) is 76.0 Å². The summed E-state index contributed by atoms with van der Waals surface area (Å²) in [6.45, 7) is 0.843. The first-order valence-corrected chi connectivity index (χ1v) is 10.2. The number of aliphatic imine (C=N–C) groups is 1. The van der Waals surface area contributed by atoms with E-state index in [0.29, 0.717) is 16.5 Å². The summed E-state index contributed by atoms with van der Waals surface area (Å²) >= 11 is 14.5. The molecule has 26 heavy (non-hydrogen) atoms. The lowest BCUT2D eigenvalue weighted by atomic mass is 9.98. The lowest BCUT2D eigenvalue weighted by molar-refractivity contribution is 0.641. The van der Waals surface area contributed by atoms with Gasteiger partial charge >= 0.3 is 0 Å². The minimum absolute atomic E-state index is 0.0520. The van der Waals surface area contributed by atoms with Crippen LogP contribution in [0.25, 0.3) is 10.8 Å². The Morgan fingerprint density at radius 3 is 2.81 bits per heavy atom. The van der Waals surface area contributed by atoms with Crippen LogP contribution >= 0.6 is 35.0 Å². The third kappa shape index (κ3) is 3.68. The molecule has 1 aromatic heterocycles. The van der Waals surface area contributed by atoms with Crippen molar-refractivity contribution in [2.24, 2.45) is 4.99 Å². The molecule has 1 aliphatic rings. The van der Waals surface area contributed by atoms with Crippen molar-refractivity contribution in [1.82, 2.24) is 10.3 Å². The fourth-order valence-electron chi connectivity index (χ4n) is 3.14. The van der Waals surface area contributed by atoms with Crippen LogP contribution in [0.5, 0.6) is 0 Å². The highest BCUT2D eigenvalue weighted by Crippen LogP contribution is 2.33. The van der Waals surface area contributed by atoms with E-state index in [0.717, 1.165) is 34.1 Å². The zero-order valence-corrected chi connectivity index (χ0v) is 16.3. The summed E-state index contributed by atoms with van der Waals surface area (Å²) < 4.78 is 0. The number of rotatable bonds is 4. The molecule has 0 radical (unpaired) electrons. The van der Waals surface area contributed by atoms with Gasteiger partial charge in [0.25, 0.3) is 0 Å². The van der Waals surface area contributed by atoms with E-state index in [-0.39, 0.29) is 6.04 Å². The van der Waals surface area contributed by atoms with Crippen LogP contribution in [0.1, 0.15) is 17.3 Å². The molecule has 0 saturated carbocycles. The van der Waals surface area contributed by atoms with Crippen LogP contribution in [-0.4, -0.2) is 22.4 Å². The minimum Gasteiger partial charge on any atom is -0.358 e. The molecular formula is C20H17Cl2N3S. The maximum Gasteiger partial charge on any atom is 0.157 e. The highest BCUT2D eigenvalue weighted by Gasteiger charge is 2.21. The molecular weight excluding hydrogens is 385 g/mol. The second-order valence-electron chi connectivity index (χ2n) is 6.06. The first-order chi connectivity index (χ1) is 12.7. The fourth-order valence-corrected chi connectivity index (χ4v) is 4.36. The van der Waals surface area contributed by atoms with Crippen LogP contribution in [-0.2, 0) is 6.42 Å². The van der Waals surface area contributed by atoms with Crippen LogP contribution < -0.4 is 5.32 Å². The lowest BCUT2D eigenvalue weighted by Crippen LogP contribution is -2.27. The summed E-state index contributed by atoms with van der Waals surface area (Å²) in [7, 11) is 0. The molecule has 0 fully saturated rings. The second kappa shape index (κ2) is 7.87. The van der Waals surface area contributed by atoms with Crippen molar-refractivity contribution in [3.63, 3.8) is 0 Å². The number of thioether (sulfide) groups is 1. The maximum atomic E-state index is 6.52. The molecule has 1 unspecified atom stereocenters. The Balaban J connectivity index is 1.73. The van der Waals surface area contributed by atoms with Gasteiger partial charge in [-0.2, -0.15) is 0 Å². The van der Waals surface area contributed by atoms with E-state index in [1.54, 1.807) is 11.8 Å². The predicted molar refractivity (Wildman–Crippen MR) is 113 cm³/mol. The van der Waals surface area contributed by atoms with Crippen molar-refractivity contribution < 1.29 is 0 Å². The van der Waals surface area contributed by atoms with Crippen molar-refractivity contribution >= 4 is 50.9 Å². The van der Waals surface area contributed by atoms with Gasteiger partial charge in [-0.25, -0.2) is 0 Å². The second-order valence-corrected chi connectivity index (χ2v) is 7.93. The third-order valence-electron chi connectivity index (χ3n) is 4.39. The average molecular weight is 402 g/mol. The molecule has 0 saturated heterocycles. The van der Waals surface area contributed by atoms with E-state index in [2.05, 4.69) is 27.4 Å². The van der Waals surface area contributed by atoms with Gasteiger partial charge in [0.15, 0.2) is 5.17 Å². The van der Waals surface area contributed by atoms with E-state index in [4.69, 9.17) is 23.2 Å². The van der Waals surface area contributed by atoms with Crippen molar-refractivity contribution in [2.45, 2.75) is 12.5 Å². The van der Waals surface area contributed by atoms with Gasteiger partial charge in [-0.3, -0.25) is 9.98 Å². The summed E-state index contributed by atoms with van der Waals surface area (Å²) in [5.74, 6) is 1.00. The van der Waals surface area contributed by atoms with Crippen LogP contribution in [0.4, 0.5) is 0 Å². The minimum atomic E-state index is -0.0520. The zero-order chi connectivity index (χ0) is 17.9. The molecule has 0 amide bonds. The maximum absolute atomic E-state index is 6.52. The van der Waals surface area contributed by atoms with Gasteiger partial charge in [0.1, 0.15) is 0 Å². The van der Waals surface area contributed by atoms with Gasteiger partial charge in [0, 0.05) is 23.8 Å². The topological polar surface area (TPSA) is 37.3 Å². The summed E-state index contributed by atoms with van der Waals surface area (Å²) in [5.41, 5.74) is 1.99. The van der Waals surface area contributed by atoms with Gasteiger partial charge in [0.05, 0.1) is 28.3 Å². The Labute approximate surface area is 166 Å². The Morgan fingerprint density at radius 1 is 1.08 bits per heavy atom. The number of nitrogens with one attached hydrogen (secondary N) is 1. The van der Waals surface area contributed by atoms with E-state index < -0.39 is 0 Å². The Hall–Kier alpha value is -1.75. The molecule has 132 valence electrons. The number of pyridine rings is 1. The number of nitrogens with zero attached hydrogens (tertiary/aromatic N) is 2. The smallest absolute Gasteiger partial charge is 0.157 e. The number of hydrogen-bond donors (Lipinski definition) is 1. The average Bonchev–Trinajstić information content (AvgIpc) is 3.17. The highest BCUT2D eigenvalue weighted by atomic mass is 35.5. The molecule has 2 heterocycles. The molecule has 1 N–H and O–H groups in total. The number of aromatic nitrogens is 1. The lowest BCUT2D eigenvalue weighted by Gasteiger charge is -2.22. The highest BCUT2D eigenvalue weighted by molar-refractivity contribution is 8.14. The van der Waals surface area contributed by atoms with Gasteiger partial charge < -0.3 is 5.32 Å². The van der Waals surface area contributed by atoms with Gasteiger partial charge in [-0.1, -0.05) is 71.4 Å². The van der Waals surface area contributed by atoms with Crippen LogP contribution in [0.3, 0.4) is 0 Å². The molecule has 4 rings (SSSR count). The van der Waals surface area contributed by atoms with Crippen molar-refractivity contribution in [1.29, 1.82) is 0 Å². The molecule has 0 spiro atoms. The van der Waals surface area contributed by atoms with E-state index in [1.165, 1.54) is 5.39 Å². The van der Waals surface area contributed by atoms with Crippen molar-refractivity contribution in [2.75, 3.05) is 12.3 Å². The molecule has 0 aliphatic carbocycles. The molecule has 0 bridgehead atoms. The normalized spacial score (nSPS) is 15.1. The number of halogens is 2. The van der Waals surface area contributed by atoms with Crippen LogP contribution in [0.2, 0.25) is 10.0 Å². The van der Waals surface area contributed by atoms with E-state index in [9.17, 15) is 0 Å². The van der Waals surface area contributed by atoms with Gasteiger partial charge in [-0.05, 0) is 23.1 Å². The number of fused-ring (bicyclic) bond motifs is 1. The SMILES string of the molecule is Clc1cccc(C(Cc2nccc3ccccc23)NC2=NCCS2)c1Cl. The molecule has 2 aromatic carbocycles. The van der Waals surface area contributed by atoms with Crippen LogP contribution in [0, 0.1) is 0 Å². The van der Waals surface area contributed by atoms with Gasteiger partial charge in [0.2, 0.25) is 0 Å².